The van der Waals surface area contributed by atoms with Crippen LogP contribution in [0.1, 0.15) is 18.1 Å². The predicted molar refractivity (Wildman–Crippen MR) is 139 cm³/mol. The smallest absolute Gasteiger partial charge is 0.411 e. The summed E-state index contributed by atoms with van der Waals surface area (Å²) >= 11 is 1.52. The molecule has 8 heteroatoms. The quantitative estimate of drug-likeness (QED) is 0.367. The Morgan fingerprint density at radius 1 is 0.919 bits per heavy atom. The number of carbonyl (C=O) groups is 2. The molecule has 2 saturated heterocycles. The maximum absolute atomic E-state index is 13.1. The molecule has 0 bridgehead atoms. The maximum atomic E-state index is 13.1. The highest BCUT2D eigenvalue weighted by molar-refractivity contribution is 7.99. The zero-order valence-electron chi connectivity index (χ0n) is 20.5. The second kappa shape index (κ2) is 11.8. The van der Waals surface area contributed by atoms with E-state index >= 15 is 0 Å². The van der Waals surface area contributed by atoms with Crippen molar-refractivity contribution in [1.82, 2.24) is 4.90 Å². The monoisotopic (exact) mass is 519 g/mol. The Labute approximate surface area is 220 Å². The van der Waals surface area contributed by atoms with Gasteiger partial charge in [0.05, 0.1) is 13.2 Å². The Hall–Kier alpha value is -3.33. The molecule has 5 atom stereocenters. The fourth-order valence-corrected chi connectivity index (χ4v) is 5.90. The van der Waals surface area contributed by atoms with Crippen molar-refractivity contribution in [2.75, 3.05) is 6.61 Å². The van der Waals surface area contributed by atoms with Gasteiger partial charge in [-0.3, -0.25) is 9.69 Å². The van der Waals surface area contributed by atoms with Crippen molar-refractivity contribution < 1.29 is 28.5 Å². The summed E-state index contributed by atoms with van der Waals surface area (Å²) in [7, 11) is 0. The number of rotatable bonds is 9. The lowest BCUT2D eigenvalue weighted by molar-refractivity contribution is -0.195. The van der Waals surface area contributed by atoms with Gasteiger partial charge in [0.15, 0.2) is 12.2 Å². The zero-order valence-corrected chi connectivity index (χ0v) is 21.3. The van der Waals surface area contributed by atoms with E-state index in [-0.39, 0.29) is 6.61 Å². The van der Waals surface area contributed by atoms with E-state index < -0.39 is 41.9 Å². The van der Waals surface area contributed by atoms with Crippen LogP contribution in [0.2, 0.25) is 0 Å². The van der Waals surface area contributed by atoms with Crippen LogP contribution in [0.15, 0.2) is 95.9 Å². The Bertz CT molecular complexity index is 1180. The summed E-state index contributed by atoms with van der Waals surface area (Å²) in [6, 6.07) is 29.0. The number of fused-ring (bicyclic) bond motifs is 1. The highest BCUT2D eigenvalue weighted by atomic mass is 32.2. The van der Waals surface area contributed by atoms with Crippen LogP contribution in [0.25, 0.3) is 0 Å². The van der Waals surface area contributed by atoms with Crippen LogP contribution in [-0.2, 0) is 36.9 Å². The lowest BCUT2D eigenvalue weighted by atomic mass is 9.97. The molecular formula is C29H29NO6S. The summed E-state index contributed by atoms with van der Waals surface area (Å²) in [5.74, 6) is -0.466. The molecule has 0 N–H and O–H groups in total. The highest BCUT2D eigenvalue weighted by Gasteiger charge is 2.57. The molecule has 0 aliphatic carbocycles. The Kier molecular flexibility index (Phi) is 8.08. The zero-order chi connectivity index (χ0) is 25.6. The van der Waals surface area contributed by atoms with E-state index in [9.17, 15) is 9.59 Å². The first kappa shape index (κ1) is 25.3. The van der Waals surface area contributed by atoms with Gasteiger partial charge in [-0.25, -0.2) is 4.79 Å². The fourth-order valence-electron chi connectivity index (χ4n) is 4.67. The van der Waals surface area contributed by atoms with Crippen LogP contribution < -0.4 is 0 Å². The highest BCUT2D eigenvalue weighted by Crippen LogP contribution is 2.41. The second-order valence-electron chi connectivity index (χ2n) is 9.00. The SMILES string of the molecule is CC(=O)O[C@H]1[C@@H]2OC(=O)N(Cc3ccccc3)[C@H]2[C@@H](Sc2ccccc2)O[C@@H]1COCc1ccccc1. The largest absolute Gasteiger partial charge is 0.456 e. The minimum Gasteiger partial charge on any atom is -0.456 e. The second-order valence-corrected chi connectivity index (χ2v) is 10.2. The topological polar surface area (TPSA) is 74.3 Å². The van der Waals surface area contributed by atoms with Crippen molar-refractivity contribution in [3.05, 3.63) is 102 Å². The van der Waals surface area contributed by atoms with Gasteiger partial charge >= 0.3 is 12.1 Å². The Morgan fingerprint density at radius 3 is 2.19 bits per heavy atom. The number of benzene rings is 3. The van der Waals surface area contributed by atoms with Gasteiger partial charge in [0.2, 0.25) is 0 Å². The molecule has 0 spiro atoms. The summed E-state index contributed by atoms with van der Waals surface area (Å²) in [5, 5.41) is 0. The molecule has 0 radical (unpaired) electrons. The molecule has 2 heterocycles. The molecule has 2 aliphatic heterocycles. The van der Waals surface area contributed by atoms with Gasteiger partial charge in [0.25, 0.3) is 0 Å². The molecule has 0 aromatic heterocycles. The van der Waals surface area contributed by atoms with Gasteiger partial charge in [-0.15, -0.1) is 0 Å². The number of esters is 1. The van der Waals surface area contributed by atoms with Gasteiger partial charge in [-0.05, 0) is 23.3 Å². The maximum Gasteiger partial charge on any atom is 0.411 e. The molecule has 5 rings (SSSR count). The van der Waals surface area contributed by atoms with Gasteiger partial charge in [0.1, 0.15) is 17.6 Å². The summed E-state index contributed by atoms with van der Waals surface area (Å²) in [6.07, 6.45) is -2.56. The average Bonchev–Trinajstić information content (AvgIpc) is 3.23. The van der Waals surface area contributed by atoms with E-state index in [1.807, 2.05) is 91.0 Å². The molecule has 37 heavy (non-hydrogen) atoms. The molecule has 2 aliphatic rings. The standard InChI is InChI=1S/C29H29NO6S/c1-20(31)34-26-24(19-33-18-22-13-7-3-8-14-22)35-28(37-23-15-9-4-10-16-23)25-27(26)36-29(32)30(25)17-21-11-5-2-6-12-21/h2-16,24-28H,17-19H2,1H3/t24-,25-,26-,27-,28-/m1/s1. The van der Waals surface area contributed by atoms with Crippen molar-refractivity contribution in [3.8, 4) is 0 Å². The van der Waals surface area contributed by atoms with Crippen LogP contribution in [-0.4, -0.2) is 53.4 Å². The number of thioether (sulfide) groups is 1. The molecule has 0 saturated carbocycles. The lowest BCUT2D eigenvalue weighted by Gasteiger charge is -2.43. The number of hydrogen-bond acceptors (Lipinski definition) is 7. The van der Waals surface area contributed by atoms with Crippen molar-refractivity contribution >= 4 is 23.8 Å². The van der Waals surface area contributed by atoms with E-state index in [1.54, 1.807) is 4.90 Å². The van der Waals surface area contributed by atoms with Crippen molar-refractivity contribution in [1.29, 1.82) is 0 Å². The van der Waals surface area contributed by atoms with Gasteiger partial charge in [-0.2, -0.15) is 0 Å². The summed E-state index contributed by atoms with van der Waals surface area (Å²) in [5.41, 5.74) is 1.54. The molecular weight excluding hydrogens is 490 g/mol. The minimum absolute atomic E-state index is 0.179. The molecule has 3 aromatic carbocycles. The predicted octanol–water partition coefficient (Wildman–Crippen LogP) is 5.04. The van der Waals surface area contributed by atoms with Crippen molar-refractivity contribution in [3.63, 3.8) is 0 Å². The van der Waals surface area contributed by atoms with E-state index in [1.165, 1.54) is 18.7 Å². The van der Waals surface area contributed by atoms with Crippen molar-refractivity contribution in [2.24, 2.45) is 0 Å². The molecule has 0 unspecified atom stereocenters. The number of amides is 1. The Morgan fingerprint density at radius 2 is 1.54 bits per heavy atom. The van der Waals surface area contributed by atoms with Gasteiger partial charge in [0, 0.05) is 18.4 Å². The van der Waals surface area contributed by atoms with E-state index in [2.05, 4.69) is 0 Å². The minimum atomic E-state index is -0.796. The third-order valence-electron chi connectivity index (χ3n) is 6.33. The van der Waals surface area contributed by atoms with Gasteiger partial charge in [-0.1, -0.05) is 90.6 Å². The first-order chi connectivity index (χ1) is 18.1. The molecule has 1 amide bonds. The molecule has 7 nitrogen and oxygen atoms in total. The third-order valence-corrected chi connectivity index (χ3v) is 7.50. The van der Waals surface area contributed by atoms with Crippen LogP contribution >= 0.6 is 11.8 Å². The van der Waals surface area contributed by atoms with E-state index in [4.69, 9.17) is 18.9 Å². The Balaban J connectivity index is 1.41. The first-order valence-corrected chi connectivity index (χ1v) is 13.1. The number of hydrogen-bond donors (Lipinski definition) is 0. The normalized spacial score (nSPS) is 24.8. The van der Waals surface area contributed by atoms with Crippen LogP contribution in [0.3, 0.4) is 0 Å². The summed E-state index contributed by atoms with van der Waals surface area (Å²) in [6.45, 7) is 2.27. The number of carbonyl (C=O) groups excluding carboxylic acids is 2. The lowest BCUT2D eigenvalue weighted by Crippen LogP contribution is -2.60. The summed E-state index contributed by atoms with van der Waals surface area (Å²) in [4.78, 5) is 27.9. The first-order valence-electron chi connectivity index (χ1n) is 12.3. The fraction of sp³-hybridized carbons (Fsp3) is 0.310. The van der Waals surface area contributed by atoms with Gasteiger partial charge < -0.3 is 18.9 Å². The molecule has 2 fully saturated rings. The van der Waals surface area contributed by atoms with Crippen LogP contribution in [0.5, 0.6) is 0 Å². The number of nitrogens with zero attached hydrogens (tertiary/aromatic N) is 1. The summed E-state index contributed by atoms with van der Waals surface area (Å²) < 4.78 is 24.1. The number of ether oxygens (including phenoxy) is 4. The van der Waals surface area contributed by atoms with Crippen LogP contribution in [0, 0.1) is 0 Å². The average molecular weight is 520 g/mol. The third kappa shape index (κ3) is 6.15. The molecule has 192 valence electrons. The van der Waals surface area contributed by atoms with E-state index in [0.29, 0.717) is 13.2 Å². The molecule has 3 aromatic rings. The van der Waals surface area contributed by atoms with E-state index in [0.717, 1.165) is 16.0 Å². The van der Waals surface area contributed by atoms with Crippen molar-refractivity contribution in [2.45, 2.75) is 54.8 Å². The van der Waals surface area contributed by atoms with Crippen LogP contribution in [0.4, 0.5) is 4.79 Å².